The lowest BCUT2D eigenvalue weighted by molar-refractivity contribution is 0.386. The Morgan fingerprint density at radius 2 is 2.00 bits per heavy atom. The Morgan fingerprint density at radius 1 is 1.26 bits per heavy atom. The highest BCUT2D eigenvalue weighted by Crippen LogP contribution is 2.28. The van der Waals surface area contributed by atoms with Gasteiger partial charge in [-0.15, -0.1) is 0 Å². The first-order chi connectivity index (χ1) is 9.02. The standard InChI is InChI=1S/C14H14BrFN2O/c1-9-11(15)5-7-14(17-9)18(2)10-4-6-13(19-3)12(16)8-10/h4-8H,1-3H3. The van der Waals surface area contributed by atoms with Crippen LogP contribution in [0.3, 0.4) is 0 Å². The van der Waals surface area contributed by atoms with Crippen molar-refractivity contribution in [2.75, 3.05) is 19.1 Å². The summed E-state index contributed by atoms with van der Waals surface area (Å²) in [6.07, 6.45) is 0. The van der Waals surface area contributed by atoms with Gasteiger partial charge in [-0.3, -0.25) is 0 Å². The summed E-state index contributed by atoms with van der Waals surface area (Å²) >= 11 is 3.41. The van der Waals surface area contributed by atoms with Crippen LogP contribution in [0.1, 0.15) is 5.69 Å². The number of ether oxygens (including phenoxy) is 1. The number of aryl methyl sites for hydroxylation is 1. The maximum Gasteiger partial charge on any atom is 0.167 e. The Morgan fingerprint density at radius 3 is 2.58 bits per heavy atom. The third-order valence-corrected chi connectivity index (χ3v) is 3.71. The van der Waals surface area contributed by atoms with Crippen molar-refractivity contribution in [1.29, 1.82) is 0 Å². The van der Waals surface area contributed by atoms with Gasteiger partial charge in [-0.1, -0.05) is 0 Å². The molecule has 0 aliphatic heterocycles. The van der Waals surface area contributed by atoms with E-state index in [1.165, 1.54) is 13.2 Å². The quantitative estimate of drug-likeness (QED) is 0.851. The van der Waals surface area contributed by atoms with Gasteiger partial charge in [0, 0.05) is 23.3 Å². The van der Waals surface area contributed by atoms with Crippen LogP contribution in [0, 0.1) is 12.7 Å². The molecule has 1 heterocycles. The fourth-order valence-electron chi connectivity index (χ4n) is 1.71. The number of nitrogens with zero attached hydrogens (tertiary/aromatic N) is 2. The fraction of sp³-hybridized carbons (Fsp3) is 0.214. The van der Waals surface area contributed by atoms with Gasteiger partial charge in [0.15, 0.2) is 11.6 Å². The van der Waals surface area contributed by atoms with Crippen LogP contribution in [0.25, 0.3) is 0 Å². The first-order valence-corrected chi connectivity index (χ1v) is 6.52. The van der Waals surface area contributed by atoms with E-state index in [-0.39, 0.29) is 11.6 Å². The van der Waals surface area contributed by atoms with Crippen molar-refractivity contribution in [3.8, 4) is 5.75 Å². The summed E-state index contributed by atoms with van der Waals surface area (Å²) in [5, 5.41) is 0. The van der Waals surface area contributed by atoms with Crippen molar-refractivity contribution >= 4 is 27.4 Å². The maximum absolute atomic E-state index is 13.7. The summed E-state index contributed by atoms with van der Waals surface area (Å²) < 4.78 is 19.5. The molecule has 0 saturated heterocycles. The number of anilines is 2. The van der Waals surface area contributed by atoms with Gasteiger partial charge in [0.25, 0.3) is 0 Å². The van der Waals surface area contributed by atoms with E-state index in [1.54, 1.807) is 12.1 Å². The monoisotopic (exact) mass is 324 g/mol. The van der Waals surface area contributed by atoms with Crippen LogP contribution in [0.15, 0.2) is 34.8 Å². The molecule has 19 heavy (non-hydrogen) atoms. The van der Waals surface area contributed by atoms with Gasteiger partial charge < -0.3 is 9.64 Å². The molecule has 0 bridgehead atoms. The molecule has 3 nitrogen and oxygen atoms in total. The summed E-state index contributed by atoms with van der Waals surface area (Å²) in [6.45, 7) is 1.91. The summed E-state index contributed by atoms with van der Waals surface area (Å²) in [6, 6.07) is 8.62. The second-order valence-corrected chi connectivity index (χ2v) is 4.97. The average Bonchev–Trinajstić information content (AvgIpc) is 2.41. The van der Waals surface area contributed by atoms with E-state index < -0.39 is 0 Å². The SMILES string of the molecule is COc1ccc(N(C)c2ccc(Br)c(C)n2)cc1F. The molecule has 0 saturated carbocycles. The molecule has 5 heteroatoms. The minimum Gasteiger partial charge on any atom is -0.494 e. The van der Waals surface area contributed by atoms with E-state index >= 15 is 0 Å². The van der Waals surface area contributed by atoms with E-state index in [9.17, 15) is 4.39 Å². The topological polar surface area (TPSA) is 25.4 Å². The lowest BCUT2D eigenvalue weighted by Crippen LogP contribution is -2.12. The number of halogens is 2. The smallest absolute Gasteiger partial charge is 0.167 e. The van der Waals surface area contributed by atoms with E-state index in [1.807, 2.05) is 31.0 Å². The number of benzene rings is 1. The number of hydrogen-bond donors (Lipinski definition) is 0. The molecule has 0 fully saturated rings. The van der Waals surface area contributed by atoms with Crippen LogP contribution < -0.4 is 9.64 Å². The largest absolute Gasteiger partial charge is 0.494 e. The number of hydrogen-bond acceptors (Lipinski definition) is 3. The van der Waals surface area contributed by atoms with Gasteiger partial charge in [-0.05, 0) is 47.1 Å². The summed E-state index contributed by atoms with van der Waals surface area (Å²) in [4.78, 5) is 6.27. The number of rotatable bonds is 3. The molecule has 100 valence electrons. The zero-order valence-corrected chi connectivity index (χ0v) is 12.5. The third-order valence-electron chi connectivity index (χ3n) is 2.87. The highest BCUT2D eigenvalue weighted by Gasteiger charge is 2.10. The molecule has 0 spiro atoms. The highest BCUT2D eigenvalue weighted by atomic mass is 79.9. The van der Waals surface area contributed by atoms with Crippen molar-refractivity contribution in [2.24, 2.45) is 0 Å². The average molecular weight is 325 g/mol. The zero-order chi connectivity index (χ0) is 14.0. The minimum atomic E-state index is -0.388. The molecule has 1 aromatic carbocycles. The molecule has 0 unspecified atom stereocenters. The second-order valence-electron chi connectivity index (χ2n) is 4.11. The van der Waals surface area contributed by atoms with E-state index in [2.05, 4.69) is 20.9 Å². The molecule has 2 aromatic rings. The molecule has 0 radical (unpaired) electrons. The molecule has 0 amide bonds. The zero-order valence-electron chi connectivity index (χ0n) is 10.9. The van der Waals surface area contributed by atoms with Gasteiger partial charge in [0.2, 0.25) is 0 Å². The van der Waals surface area contributed by atoms with Crippen LogP contribution in [0.4, 0.5) is 15.9 Å². The van der Waals surface area contributed by atoms with E-state index in [0.717, 1.165) is 16.0 Å². The molecule has 0 atom stereocenters. The molecule has 0 aliphatic carbocycles. The van der Waals surface area contributed by atoms with Gasteiger partial charge in [-0.25, -0.2) is 9.37 Å². The number of aromatic nitrogens is 1. The Kier molecular flexibility index (Phi) is 4.04. The molecular formula is C14H14BrFN2O. The second kappa shape index (κ2) is 5.57. The van der Waals surface area contributed by atoms with Crippen molar-refractivity contribution in [3.05, 3.63) is 46.3 Å². The van der Waals surface area contributed by atoms with Crippen LogP contribution >= 0.6 is 15.9 Å². The lowest BCUT2D eigenvalue weighted by atomic mass is 10.2. The first-order valence-electron chi connectivity index (χ1n) is 5.73. The predicted octanol–water partition coefficient (Wildman–Crippen LogP) is 4.07. The first kappa shape index (κ1) is 13.8. The van der Waals surface area contributed by atoms with Crippen LogP contribution in [-0.4, -0.2) is 19.1 Å². The molecule has 1 aromatic heterocycles. The van der Waals surface area contributed by atoms with Gasteiger partial charge in [0.1, 0.15) is 5.82 Å². The van der Waals surface area contributed by atoms with Gasteiger partial charge in [-0.2, -0.15) is 0 Å². The molecular weight excluding hydrogens is 311 g/mol. The molecule has 0 N–H and O–H groups in total. The summed E-state index contributed by atoms with van der Waals surface area (Å²) in [7, 11) is 3.29. The Bertz CT molecular complexity index is 604. The van der Waals surface area contributed by atoms with Crippen molar-refractivity contribution < 1.29 is 9.13 Å². The molecule has 0 aliphatic rings. The highest BCUT2D eigenvalue weighted by molar-refractivity contribution is 9.10. The molecule has 2 rings (SSSR count). The lowest BCUT2D eigenvalue weighted by Gasteiger charge is -2.19. The fourth-order valence-corrected chi connectivity index (χ4v) is 1.93. The van der Waals surface area contributed by atoms with Crippen molar-refractivity contribution in [3.63, 3.8) is 0 Å². The van der Waals surface area contributed by atoms with Crippen LogP contribution in [-0.2, 0) is 0 Å². The predicted molar refractivity (Wildman–Crippen MR) is 77.7 cm³/mol. The summed E-state index contributed by atoms with van der Waals surface area (Å²) in [5.74, 6) is 0.600. The van der Waals surface area contributed by atoms with Crippen LogP contribution in [0.5, 0.6) is 5.75 Å². The Labute approximate surface area is 120 Å². The Balaban J connectivity index is 2.35. The van der Waals surface area contributed by atoms with Crippen molar-refractivity contribution in [1.82, 2.24) is 4.98 Å². The van der Waals surface area contributed by atoms with Crippen molar-refractivity contribution in [2.45, 2.75) is 6.92 Å². The minimum absolute atomic E-state index is 0.233. The third kappa shape index (κ3) is 2.87. The van der Waals surface area contributed by atoms with Gasteiger partial charge in [0.05, 0.1) is 12.8 Å². The summed E-state index contributed by atoms with van der Waals surface area (Å²) in [5.41, 5.74) is 1.60. The van der Waals surface area contributed by atoms with Gasteiger partial charge >= 0.3 is 0 Å². The Hall–Kier alpha value is -1.62. The van der Waals surface area contributed by atoms with E-state index in [4.69, 9.17) is 4.74 Å². The maximum atomic E-state index is 13.7. The van der Waals surface area contributed by atoms with Crippen LogP contribution in [0.2, 0.25) is 0 Å². The normalized spacial score (nSPS) is 10.4. The number of pyridine rings is 1. The number of methoxy groups -OCH3 is 1. The van der Waals surface area contributed by atoms with E-state index in [0.29, 0.717) is 5.69 Å².